The van der Waals surface area contributed by atoms with E-state index in [9.17, 15) is 14.4 Å². The SMILES string of the molecule is CC(C)C(C)C(=O)C[C@@H](CCCNC(N)=O)C(=O)O. The van der Waals surface area contributed by atoms with Crippen LogP contribution in [0.1, 0.15) is 40.0 Å². The summed E-state index contributed by atoms with van der Waals surface area (Å²) in [6.07, 6.45) is 0.890. The van der Waals surface area contributed by atoms with E-state index in [-0.39, 0.29) is 24.0 Å². The van der Waals surface area contributed by atoms with Gasteiger partial charge in [-0.05, 0) is 18.8 Å². The molecule has 0 aromatic heterocycles. The number of nitrogens with one attached hydrogen (secondary N) is 1. The lowest BCUT2D eigenvalue weighted by Crippen LogP contribution is -2.31. The second kappa shape index (κ2) is 8.50. The molecular formula is C13H24N2O4. The Morgan fingerprint density at radius 2 is 1.79 bits per heavy atom. The predicted molar refractivity (Wildman–Crippen MR) is 71.6 cm³/mol. The van der Waals surface area contributed by atoms with Crippen LogP contribution >= 0.6 is 0 Å². The molecule has 1 unspecified atom stereocenters. The Balaban J connectivity index is 4.23. The standard InChI is InChI=1S/C13H24N2O4/c1-8(2)9(3)11(16)7-10(12(17)18)5-4-6-15-13(14)19/h8-10H,4-7H2,1-3H3,(H,17,18)(H3,14,15,19)/t9?,10-/m1/s1. The second-order valence-electron chi connectivity index (χ2n) is 5.17. The van der Waals surface area contributed by atoms with Gasteiger partial charge in [-0.15, -0.1) is 0 Å². The van der Waals surface area contributed by atoms with E-state index in [1.165, 1.54) is 0 Å². The lowest BCUT2D eigenvalue weighted by atomic mass is 9.87. The number of carbonyl (C=O) groups excluding carboxylic acids is 2. The first-order chi connectivity index (χ1) is 8.75. The molecule has 0 spiro atoms. The van der Waals surface area contributed by atoms with Gasteiger partial charge in [0, 0.05) is 18.9 Å². The highest BCUT2D eigenvalue weighted by Crippen LogP contribution is 2.19. The molecule has 0 saturated carbocycles. The van der Waals surface area contributed by atoms with Gasteiger partial charge in [0.1, 0.15) is 5.78 Å². The van der Waals surface area contributed by atoms with Crippen molar-refractivity contribution in [1.29, 1.82) is 0 Å². The number of hydrogen-bond acceptors (Lipinski definition) is 3. The lowest BCUT2D eigenvalue weighted by molar-refractivity contribution is -0.144. The van der Waals surface area contributed by atoms with E-state index in [1.54, 1.807) is 0 Å². The topological polar surface area (TPSA) is 109 Å². The first-order valence-electron chi connectivity index (χ1n) is 6.54. The van der Waals surface area contributed by atoms with Gasteiger partial charge in [0.15, 0.2) is 0 Å². The second-order valence-corrected chi connectivity index (χ2v) is 5.17. The third-order valence-corrected chi connectivity index (χ3v) is 3.33. The lowest BCUT2D eigenvalue weighted by Gasteiger charge is -2.17. The highest BCUT2D eigenvalue weighted by molar-refractivity contribution is 5.85. The van der Waals surface area contributed by atoms with Gasteiger partial charge in [0.2, 0.25) is 0 Å². The molecule has 4 N–H and O–H groups in total. The van der Waals surface area contributed by atoms with Gasteiger partial charge in [-0.1, -0.05) is 20.8 Å². The molecule has 6 heteroatoms. The molecule has 2 amide bonds. The monoisotopic (exact) mass is 272 g/mol. The van der Waals surface area contributed by atoms with Crippen LogP contribution in [-0.4, -0.2) is 29.4 Å². The number of carboxylic acids is 1. The molecule has 0 aliphatic heterocycles. The molecular weight excluding hydrogens is 248 g/mol. The number of amides is 2. The zero-order valence-electron chi connectivity index (χ0n) is 11.8. The number of rotatable bonds is 9. The summed E-state index contributed by atoms with van der Waals surface area (Å²) in [5, 5.41) is 11.5. The summed E-state index contributed by atoms with van der Waals surface area (Å²) in [6.45, 7) is 6.03. The molecule has 0 bridgehead atoms. The van der Waals surface area contributed by atoms with Crippen LogP contribution in [0, 0.1) is 17.8 Å². The Kier molecular flexibility index (Phi) is 7.79. The fourth-order valence-corrected chi connectivity index (χ4v) is 1.67. The summed E-state index contributed by atoms with van der Waals surface area (Å²) >= 11 is 0. The highest BCUT2D eigenvalue weighted by atomic mass is 16.4. The Morgan fingerprint density at radius 1 is 1.21 bits per heavy atom. The van der Waals surface area contributed by atoms with Crippen molar-refractivity contribution in [3.63, 3.8) is 0 Å². The van der Waals surface area contributed by atoms with Crippen LogP contribution in [0.4, 0.5) is 4.79 Å². The van der Waals surface area contributed by atoms with Crippen molar-refractivity contribution in [2.24, 2.45) is 23.5 Å². The molecule has 0 aromatic carbocycles. The van der Waals surface area contributed by atoms with E-state index < -0.39 is 17.9 Å². The summed E-state index contributed by atoms with van der Waals surface area (Å²) in [6, 6.07) is -0.628. The molecule has 0 aliphatic carbocycles. The number of carboxylic acid groups (broad SMARTS) is 1. The van der Waals surface area contributed by atoms with E-state index in [1.807, 2.05) is 20.8 Å². The Hall–Kier alpha value is -1.59. The number of nitrogens with two attached hydrogens (primary N) is 1. The van der Waals surface area contributed by atoms with Crippen LogP contribution in [-0.2, 0) is 9.59 Å². The maximum atomic E-state index is 11.9. The summed E-state index contributed by atoms with van der Waals surface area (Å²) in [7, 11) is 0. The first-order valence-corrected chi connectivity index (χ1v) is 6.54. The van der Waals surface area contributed by atoms with E-state index in [0.717, 1.165) is 0 Å². The fourth-order valence-electron chi connectivity index (χ4n) is 1.67. The molecule has 0 saturated heterocycles. The largest absolute Gasteiger partial charge is 0.481 e. The van der Waals surface area contributed by atoms with Crippen molar-refractivity contribution in [1.82, 2.24) is 5.32 Å². The summed E-state index contributed by atoms with van der Waals surface area (Å²) < 4.78 is 0. The quantitative estimate of drug-likeness (QED) is 0.551. The number of aliphatic carboxylic acids is 1. The van der Waals surface area contributed by atoms with Crippen molar-refractivity contribution in [2.45, 2.75) is 40.0 Å². The van der Waals surface area contributed by atoms with Gasteiger partial charge < -0.3 is 16.2 Å². The molecule has 0 fully saturated rings. The maximum absolute atomic E-state index is 11.9. The van der Waals surface area contributed by atoms with Crippen molar-refractivity contribution in [2.75, 3.05) is 6.54 Å². The summed E-state index contributed by atoms with van der Waals surface area (Å²) in [4.78, 5) is 33.4. The van der Waals surface area contributed by atoms with E-state index >= 15 is 0 Å². The van der Waals surface area contributed by atoms with Crippen LogP contribution in [0.2, 0.25) is 0 Å². The number of urea groups is 1. The van der Waals surface area contributed by atoms with Gasteiger partial charge in [0.05, 0.1) is 5.92 Å². The predicted octanol–water partition coefficient (Wildman–Crippen LogP) is 1.39. The number of hydrogen-bond donors (Lipinski definition) is 3. The Bertz CT molecular complexity index is 329. The third kappa shape index (κ3) is 7.43. The molecule has 0 rings (SSSR count). The number of carbonyl (C=O) groups is 3. The molecule has 2 atom stereocenters. The minimum absolute atomic E-state index is 0.0229. The molecule has 110 valence electrons. The minimum Gasteiger partial charge on any atom is -0.481 e. The van der Waals surface area contributed by atoms with Gasteiger partial charge in [-0.2, -0.15) is 0 Å². The Morgan fingerprint density at radius 3 is 2.21 bits per heavy atom. The highest BCUT2D eigenvalue weighted by Gasteiger charge is 2.25. The molecule has 19 heavy (non-hydrogen) atoms. The summed E-state index contributed by atoms with van der Waals surface area (Å²) in [5.74, 6) is -1.61. The average Bonchev–Trinajstić information content (AvgIpc) is 2.30. The molecule has 0 radical (unpaired) electrons. The maximum Gasteiger partial charge on any atom is 0.312 e. The van der Waals surface area contributed by atoms with Crippen LogP contribution in [0.5, 0.6) is 0 Å². The Labute approximate surface area is 113 Å². The normalized spacial score (nSPS) is 13.9. The molecule has 0 aliphatic rings. The van der Waals surface area contributed by atoms with Crippen molar-refractivity contribution in [3.8, 4) is 0 Å². The van der Waals surface area contributed by atoms with Crippen molar-refractivity contribution >= 4 is 17.8 Å². The first kappa shape index (κ1) is 17.4. The van der Waals surface area contributed by atoms with Gasteiger partial charge in [-0.25, -0.2) is 4.79 Å². The number of primary amides is 1. The average molecular weight is 272 g/mol. The van der Waals surface area contributed by atoms with Gasteiger partial charge in [0.25, 0.3) is 0 Å². The van der Waals surface area contributed by atoms with Gasteiger partial charge in [-0.3, -0.25) is 9.59 Å². The van der Waals surface area contributed by atoms with E-state index in [0.29, 0.717) is 19.4 Å². The molecule has 0 aromatic rings. The zero-order chi connectivity index (χ0) is 15.0. The van der Waals surface area contributed by atoms with E-state index in [2.05, 4.69) is 5.32 Å². The van der Waals surface area contributed by atoms with Crippen LogP contribution in [0.15, 0.2) is 0 Å². The van der Waals surface area contributed by atoms with Gasteiger partial charge >= 0.3 is 12.0 Å². The molecule has 6 nitrogen and oxygen atoms in total. The molecule has 0 heterocycles. The van der Waals surface area contributed by atoms with Crippen LogP contribution < -0.4 is 11.1 Å². The number of ketones is 1. The van der Waals surface area contributed by atoms with Crippen LogP contribution in [0.3, 0.4) is 0 Å². The minimum atomic E-state index is -0.969. The van der Waals surface area contributed by atoms with E-state index in [4.69, 9.17) is 10.8 Å². The number of Topliss-reactive ketones (excluding diaryl/α,β-unsaturated/α-hetero) is 1. The zero-order valence-corrected chi connectivity index (χ0v) is 11.8. The van der Waals surface area contributed by atoms with Crippen LogP contribution in [0.25, 0.3) is 0 Å². The van der Waals surface area contributed by atoms with Crippen molar-refractivity contribution < 1.29 is 19.5 Å². The summed E-state index contributed by atoms with van der Waals surface area (Å²) in [5.41, 5.74) is 4.90. The van der Waals surface area contributed by atoms with Crippen molar-refractivity contribution in [3.05, 3.63) is 0 Å². The fraction of sp³-hybridized carbons (Fsp3) is 0.769. The smallest absolute Gasteiger partial charge is 0.312 e. The third-order valence-electron chi connectivity index (χ3n) is 3.33.